The van der Waals surface area contributed by atoms with Crippen molar-refractivity contribution in [2.24, 2.45) is 0 Å². The first kappa shape index (κ1) is 15.6. The third kappa shape index (κ3) is 5.83. The molecule has 8 nitrogen and oxygen atoms in total. The Bertz CT molecular complexity index is 385. The number of amides is 3. The van der Waals surface area contributed by atoms with Gasteiger partial charge in [0.25, 0.3) is 11.8 Å². The van der Waals surface area contributed by atoms with E-state index in [0.717, 1.165) is 17.1 Å². The van der Waals surface area contributed by atoms with Crippen LogP contribution in [0.4, 0.5) is 0 Å². The van der Waals surface area contributed by atoms with Crippen LogP contribution in [-0.4, -0.2) is 55.1 Å². The summed E-state index contributed by atoms with van der Waals surface area (Å²) in [5.74, 6) is -1.44. The molecule has 19 heavy (non-hydrogen) atoms. The van der Waals surface area contributed by atoms with E-state index >= 15 is 0 Å². The molecule has 0 aliphatic carbocycles. The van der Waals surface area contributed by atoms with E-state index in [-0.39, 0.29) is 37.6 Å². The van der Waals surface area contributed by atoms with Crippen molar-refractivity contribution >= 4 is 28.6 Å². The van der Waals surface area contributed by atoms with Gasteiger partial charge in [-0.1, -0.05) is 0 Å². The second-order valence-corrected chi connectivity index (χ2v) is 5.62. The number of carbonyl (C=O) groups excluding carboxylic acids is 3. The normalized spacial score (nSPS) is 16.1. The number of nitrogens with zero attached hydrogens (tertiary/aromatic N) is 1. The van der Waals surface area contributed by atoms with Crippen LogP contribution in [0.15, 0.2) is 12.2 Å². The number of nitrogens with one attached hydrogen (secondary N) is 1. The zero-order valence-electron chi connectivity index (χ0n) is 10.1. The molecule has 0 radical (unpaired) electrons. The molecule has 0 bridgehead atoms. The highest BCUT2D eigenvalue weighted by atomic mass is 32.3. The molecular weight excluding hydrogens is 276 g/mol. The van der Waals surface area contributed by atoms with Crippen molar-refractivity contribution in [2.75, 3.05) is 18.8 Å². The molecule has 4 N–H and O–H groups in total. The lowest BCUT2D eigenvalue weighted by atomic mass is 10.3. The lowest BCUT2D eigenvalue weighted by Crippen LogP contribution is -2.35. The summed E-state index contributed by atoms with van der Waals surface area (Å²) in [6.45, 7) is 0.182. The van der Waals surface area contributed by atoms with E-state index in [1.54, 1.807) is 0 Å². The quantitative estimate of drug-likeness (QED) is 0.387. The van der Waals surface area contributed by atoms with Gasteiger partial charge in [-0.25, -0.2) is 0 Å². The first-order valence-electron chi connectivity index (χ1n) is 5.58. The zero-order chi connectivity index (χ0) is 14.5. The van der Waals surface area contributed by atoms with Crippen LogP contribution in [-0.2, 0) is 14.4 Å². The Labute approximate surface area is 111 Å². The Morgan fingerprint density at radius 3 is 2.32 bits per heavy atom. The van der Waals surface area contributed by atoms with Gasteiger partial charge < -0.3 is 19.0 Å². The van der Waals surface area contributed by atoms with E-state index in [1.165, 1.54) is 0 Å². The van der Waals surface area contributed by atoms with E-state index in [2.05, 4.69) is 5.32 Å². The van der Waals surface area contributed by atoms with Gasteiger partial charge in [-0.3, -0.25) is 19.3 Å². The molecule has 0 spiro atoms. The molecule has 9 heteroatoms. The number of carbonyl (C=O) groups is 3. The van der Waals surface area contributed by atoms with Crippen LogP contribution in [0.3, 0.4) is 0 Å². The maximum Gasteiger partial charge on any atom is 0.253 e. The Morgan fingerprint density at radius 2 is 1.79 bits per heavy atom. The highest BCUT2D eigenvalue weighted by Gasteiger charge is 2.23. The maximum absolute atomic E-state index is 11.4. The molecule has 0 saturated heterocycles. The van der Waals surface area contributed by atoms with Crippen molar-refractivity contribution in [2.45, 2.75) is 12.8 Å². The number of imide groups is 1. The van der Waals surface area contributed by atoms with Gasteiger partial charge in [0.1, 0.15) is 0 Å². The van der Waals surface area contributed by atoms with Crippen LogP contribution in [0.25, 0.3) is 0 Å². The van der Waals surface area contributed by atoms with Gasteiger partial charge in [0.15, 0.2) is 0 Å². The Kier molecular flexibility index (Phi) is 5.48. The summed E-state index contributed by atoms with van der Waals surface area (Å²) in [5.41, 5.74) is 0. The van der Waals surface area contributed by atoms with Crippen LogP contribution in [0, 0.1) is 0 Å². The van der Waals surface area contributed by atoms with Crippen LogP contribution in [0.1, 0.15) is 12.8 Å². The van der Waals surface area contributed by atoms with Crippen LogP contribution in [0.2, 0.25) is 0 Å². The van der Waals surface area contributed by atoms with E-state index in [9.17, 15) is 14.4 Å². The summed E-state index contributed by atoms with van der Waals surface area (Å²) in [5, 5.41) is 2.48. The minimum absolute atomic E-state index is 0.00564. The van der Waals surface area contributed by atoms with Crippen molar-refractivity contribution in [3.8, 4) is 0 Å². The first-order valence-corrected chi connectivity index (χ1v) is 7.25. The van der Waals surface area contributed by atoms with Crippen molar-refractivity contribution in [3.05, 3.63) is 12.2 Å². The van der Waals surface area contributed by atoms with Gasteiger partial charge in [0.05, 0.1) is 10.9 Å². The van der Waals surface area contributed by atoms with Gasteiger partial charge in [0, 0.05) is 37.4 Å². The minimum atomic E-state index is -3.52. The zero-order valence-corrected chi connectivity index (χ0v) is 10.9. The maximum atomic E-state index is 11.4. The smallest absolute Gasteiger partial charge is 0.253 e. The molecule has 0 aromatic rings. The molecule has 0 unspecified atom stereocenters. The molecule has 1 aliphatic rings. The summed E-state index contributed by atoms with van der Waals surface area (Å²) in [4.78, 5) is 34.7. The average molecular weight is 292 g/mol. The molecule has 0 aromatic carbocycles. The molecular formula is C10H16N2O6S. The summed E-state index contributed by atoms with van der Waals surface area (Å²) >= 11 is 0. The third-order valence-corrected chi connectivity index (χ3v) is 3.22. The van der Waals surface area contributed by atoms with Gasteiger partial charge in [-0.15, -0.1) is 0 Å². The van der Waals surface area contributed by atoms with E-state index < -0.39 is 22.7 Å². The number of hydrogen-bond donors (Lipinski definition) is 4. The lowest BCUT2D eigenvalue weighted by Gasteiger charge is -2.18. The average Bonchev–Trinajstić information content (AvgIpc) is 2.61. The monoisotopic (exact) mass is 292 g/mol. The fraction of sp³-hybridized carbons (Fsp3) is 0.500. The molecule has 0 aromatic heterocycles. The Morgan fingerprint density at radius 1 is 1.21 bits per heavy atom. The van der Waals surface area contributed by atoms with Crippen molar-refractivity contribution in [3.63, 3.8) is 0 Å². The molecule has 108 valence electrons. The van der Waals surface area contributed by atoms with E-state index in [0.29, 0.717) is 0 Å². The lowest BCUT2D eigenvalue weighted by molar-refractivity contribution is -0.137. The SMILES string of the molecule is O=C(CCN1C(=O)C=CC1=O)NCCCS(O)(O)O. The highest BCUT2D eigenvalue weighted by molar-refractivity contribution is 8.19. The van der Waals surface area contributed by atoms with Gasteiger partial charge >= 0.3 is 0 Å². The summed E-state index contributed by atoms with van der Waals surface area (Å²) in [6, 6.07) is 0. The van der Waals surface area contributed by atoms with Gasteiger partial charge in [0.2, 0.25) is 5.91 Å². The molecule has 3 amide bonds. The fourth-order valence-electron chi connectivity index (χ4n) is 1.45. The van der Waals surface area contributed by atoms with Crippen LogP contribution < -0.4 is 5.32 Å². The fourth-order valence-corrected chi connectivity index (χ4v) is 1.98. The molecule has 1 rings (SSSR count). The second-order valence-electron chi connectivity index (χ2n) is 3.95. The van der Waals surface area contributed by atoms with Crippen molar-refractivity contribution in [1.82, 2.24) is 10.2 Å². The minimum Gasteiger partial charge on any atom is -0.356 e. The standard InChI is InChI=1S/C10H16N2O6S/c13-8(11-5-1-7-19(16,17)18)4-6-12-9(14)2-3-10(12)15/h2-3,16-18H,1,4-7H2,(H,11,13). The van der Waals surface area contributed by atoms with Gasteiger partial charge in [-0.05, 0) is 6.42 Å². The van der Waals surface area contributed by atoms with Crippen LogP contribution >= 0.6 is 10.9 Å². The molecule has 1 aliphatic heterocycles. The highest BCUT2D eigenvalue weighted by Crippen LogP contribution is 2.32. The number of rotatable bonds is 7. The van der Waals surface area contributed by atoms with Crippen molar-refractivity contribution < 1.29 is 28.0 Å². The molecule has 0 atom stereocenters. The summed E-state index contributed by atoms with van der Waals surface area (Å²) in [6.07, 6.45) is 2.49. The topological polar surface area (TPSA) is 127 Å². The molecule has 1 heterocycles. The third-order valence-electron chi connectivity index (χ3n) is 2.38. The van der Waals surface area contributed by atoms with Crippen LogP contribution in [0.5, 0.6) is 0 Å². The van der Waals surface area contributed by atoms with Gasteiger partial charge in [-0.2, -0.15) is 0 Å². The molecule has 0 saturated carbocycles. The molecule has 0 fully saturated rings. The van der Waals surface area contributed by atoms with Crippen molar-refractivity contribution in [1.29, 1.82) is 0 Å². The second kappa shape index (κ2) is 6.66. The first-order chi connectivity index (χ1) is 8.79. The van der Waals surface area contributed by atoms with E-state index in [4.69, 9.17) is 13.7 Å². The summed E-state index contributed by atoms with van der Waals surface area (Å²) < 4.78 is 26.0. The number of hydrogen-bond acceptors (Lipinski definition) is 6. The Balaban J connectivity index is 2.15. The predicted octanol–water partition coefficient (Wildman–Crippen LogP) is 0.0314. The van der Waals surface area contributed by atoms with E-state index in [1.807, 2.05) is 0 Å². The Hall–Kier alpha value is -1.42. The predicted molar refractivity (Wildman–Crippen MR) is 68.4 cm³/mol. The largest absolute Gasteiger partial charge is 0.356 e. The summed E-state index contributed by atoms with van der Waals surface area (Å²) in [7, 11) is -3.52.